The fourth-order valence-electron chi connectivity index (χ4n) is 2.27. The van der Waals surface area contributed by atoms with Gasteiger partial charge in [0.05, 0.1) is 0 Å². The molecule has 0 heterocycles. The van der Waals surface area contributed by atoms with Crippen molar-refractivity contribution in [1.29, 1.82) is 0 Å². The first kappa shape index (κ1) is 15.8. The molecule has 0 rings (SSSR count). The van der Waals surface area contributed by atoms with Crippen molar-refractivity contribution in [1.82, 2.24) is 4.90 Å². The zero-order valence-corrected chi connectivity index (χ0v) is 14.4. The molecule has 0 amide bonds. The fourth-order valence-corrected chi connectivity index (χ4v) is 3.48. The molecule has 0 radical (unpaired) electrons. The Morgan fingerprint density at radius 2 is 1.38 bits per heavy atom. The third-order valence-electron chi connectivity index (χ3n) is 3.94. The van der Waals surface area contributed by atoms with Gasteiger partial charge < -0.3 is 4.90 Å². The van der Waals surface area contributed by atoms with Gasteiger partial charge in [-0.1, -0.05) is 39.3 Å². The zero-order valence-electron chi connectivity index (χ0n) is 12.4. The summed E-state index contributed by atoms with van der Waals surface area (Å²) in [6, 6.07) is 0. The molecule has 0 fully saturated rings. The molecule has 0 bridgehead atoms. The minimum absolute atomic E-state index is 0.724. The summed E-state index contributed by atoms with van der Waals surface area (Å²) < 4.78 is 0. The monoisotopic (exact) mass is 241 g/mol. The molecular weight excluding hydrogens is 210 g/mol. The highest BCUT2D eigenvalue weighted by Gasteiger charge is 2.17. The van der Waals surface area contributed by atoms with E-state index < -0.39 is 0 Å². The van der Waals surface area contributed by atoms with Gasteiger partial charge in [-0.2, -0.15) is 0 Å². The van der Waals surface area contributed by atoms with E-state index in [4.69, 9.17) is 0 Å². The maximum atomic E-state index is 2.57. The molecule has 2 heteroatoms. The lowest BCUT2D eigenvalue weighted by Gasteiger charge is -2.32. The van der Waals surface area contributed by atoms with Crippen LogP contribution >= 0.6 is 0 Å². The van der Waals surface area contributed by atoms with Crippen LogP contribution in [-0.2, 0) is 0 Å². The predicted molar refractivity (Wildman–Crippen MR) is 78.8 cm³/mol. The first-order valence-corrected chi connectivity index (χ1v) is 7.98. The average molecular weight is 241 g/mol. The molecule has 16 heavy (non-hydrogen) atoms. The summed E-state index contributed by atoms with van der Waals surface area (Å²) in [6.07, 6.45) is 2.54. The molecule has 1 nitrogen and oxygen atoms in total. The minimum atomic E-state index is 0.724. The molecule has 2 atom stereocenters. The molecule has 0 aromatic rings. The summed E-state index contributed by atoms with van der Waals surface area (Å²) in [5, 5.41) is 1.74. The highest BCUT2D eigenvalue weighted by Crippen LogP contribution is 2.26. The normalized spacial score (nSPS) is 16.9. The van der Waals surface area contributed by atoms with Crippen LogP contribution < -0.4 is 0 Å². The van der Waals surface area contributed by atoms with Crippen LogP contribution in [0.5, 0.6) is 0 Å². The van der Waals surface area contributed by atoms with Gasteiger partial charge in [-0.25, -0.2) is 0 Å². The van der Waals surface area contributed by atoms with Crippen LogP contribution in [0.25, 0.3) is 0 Å². The Bertz CT molecular complexity index is 219. The second-order valence-electron chi connectivity index (χ2n) is 4.86. The lowest BCUT2D eigenvalue weighted by atomic mass is 9.97. The SMILES string of the molecule is CCC(C)C([SiH3])=C(C(C)CC)N(CC)CC. The Balaban J connectivity index is 5.19. The molecule has 0 saturated heterocycles. The minimum Gasteiger partial charge on any atom is -0.376 e. The van der Waals surface area contributed by atoms with Crippen molar-refractivity contribution in [2.24, 2.45) is 11.8 Å². The number of allylic oxidation sites excluding steroid dienone is 2. The Morgan fingerprint density at radius 3 is 1.69 bits per heavy atom. The third kappa shape index (κ3) is 3.97. The number of hydrogen-bond donors (Lipinski definition) is 0. The van der Waals surface area contributed by atoms with Crippen molar-refractivity contribution in [3.05, 3.63) is 10.9 Å². The van der Waals surface area contributed by atoms with Crippen molar-refractivity contribution in [2.75, 3.05) is 13.1 Å². The largest absolute Gasteiger partial charge is 0.376 e. The third-order valence-corrected chi connectivity index (χ3v) is 5.44. The van der Waals surface area contributed by atoms with Crippen LogP contribution in [0.2, 0.25) is 0 Å². The standard InChI is InChI=1S/C14H31NSi/c1-7-11(5)13(15(9-3)10-4)14(16)12(6)8-2/h11-12H,7-10H2,1-6,16H3. The molecule has 0 aliphatic heterocycles. The van der Waals surface area contributed by atoms with Gasteiger partial charge in [0.2, 0.25) is 0 Å². The van der Waals surface area contributed by atoms with Gasteiger partial charge in [-0.3, -0.25) is 0 Å². The average Bonchev–Trinajstić information content (AvgIpc) is 2.32. The molecule has 2 unspecified atom stereocenters. The molecule has 96 valence electrons. The van der Waals surface area contributed by atoms with E-state index in [1.54, 1.807) is 10.9 Å². The maximum Gasteiger partial charge on any atom is 0.0359 e. The van der Waals surface area contributed by atoms with Gasteiger partial charge in [-0.15, -0.1) is 0 Å². The lowest BCUT2D eigenvalue weighted by molar-refractivity contribution is 0.326. The summed E-state index contributed by atoms with van der Waals surface area (Å²) in [5.74, 6) is 1.50. The van der Waals surface area contributed by atoms with Crippen molar-refractivity contribution in [2.45, 2.75) is 54.4 Å². The molecule has 0 aromatic carbocycles. The summed E-state index contributed by atoms with van der Waals surface area (Å²) in [5.41, 5.74) is 1.66. The Hall–Kier alpha value is -0.243. The van der Waals surface area contributed by atoms with E-state index >= 15 is 0 Å². The highest BCUT2D eigenvalue weighted by atomic mass is 28.1. The van der Waals surface area contributed by atoms with Crippen LogP contribution in [0.15, 0.2) is 10.9 Å². The van der Waals surface area contributed by atoms with Gasteiger partial charge in [0, 0.05) is 29.0 Å². The summed E-state index contributed by atoms with van der Waals surface area (Å²) in [4.78, 5) is 2.57. The van der Waals surface area contributed by atoms with Crippen molar-refractivity contribution < 1.29 is 0 Å². The second-order valence-corrected chi connectivity index (χ2v) is 5.94. The topological polar surface area (TPSA) is 3.24 Å². The molecule has 0 aliphatic rings. The summed E-state index contributed by atoms with van der Waals surface area (Å²) in [6.45, 7) is 16.2. The van der Waals surface area contributed by atoms with E-state index in [0.717, 1.165) is 24.9 Å². The Morgan fingerprint density at radius 1 is 0.938 bits per heavy atom. The maximum absolute atomic E-state index is 2.57. The molecule has 0 saturated carbocycles. The van der Waals surface area contributed by atoms with E-state index in [0.29, 0.717) is 0 Å². The van der Waals surface area contributed by atoms with Crippen LogP contribution in [0.1, 0.15) is 54.4 Å². The predicted octanol–water partition coefficient (Wildman–Crippen LogP) is 3.00. The first-order valence-electron chi connectivity index (χ1n) is 6.98. The van der Waals surface area contributed by atoms with Crippen LogP contribution in [0, 0.1) is 11.8 Å². The summed E-state index contributed by atoms with van der Waals surface area (Å²) in [7, 11) is 1.21. The van der Waals surface area contributed by atoms with E-state index in [1.165, 1.54) is 23.1 Å². The van der Waals surface area contributed by atoms with Crippen molar-refractivity contribution >= 4 is 10.2 Å². The van der Waals surface area contributed by atoms with E-state index in [2.05, 4.69) is 46.4 Å². The first-order chi connectivity index (χ1) is 7.53. The smallest absolute Gasteiger partial charge is 0.0359 e. The summed E-state index contributed by atoms with van der Waals surface area (Å²) >= 11 is 0. The van der Waals surface area contributed by atoms with E-state index in [9.17, 15) is 0 Å². The van der Waals surface area contributed by atoms with Gasteiger partial charge in [0.15, 0.2) is 0 Å². The Kier molecular flexibility index (Phi) is 7.82. The fraction of sp³-hybridized carbons (Fsp3) is 0.857. The highest BCUT2D eigenvalue weighted by molar-refractivity contribution is 6.22. The van der Waals surface area contributed by atoms with Crippen molar-refractivity contribution in [3.63, 3.8) is 0 Å². The van der Waals surface area contributed by atoms with Gasteiger partial charge in [0.25, 0.3) is 0 Å². The van der Waals surface area contributed by atoms with Gasteiger partial charge in [-0.05, 0) is 32.1 Å². The second kappa shape index (κ2) is 7.94. The number of hydrogen-bond acceptors (Lipinski definition) is 1. The number of nitrogens with zero attached hydrogens (tertiary/aromatic N) is 1. The van der Waals surface area contributed by atoms with E-state index in [-0.39, 0.29) is 0 Å². The Labute approximate surface area is 106 Å². The quantitative estimate of drug-likeness (QED) is 0.619. The molecule has 0 N–H and O–H groups in total. The van der Waals surface area contributed by atoms with Gasteiger partial charge in [0.1, 0.15) is 0 Å². The zero-order chi connectivity index (χ0) is 12.7. The van der Waals surface area contributed by atoms with Crippen LogP contribution in [0.3, 0.4) is 0 Å². The van der Waals surface area contributed by atoms with Gasteiger partial charge >= 0.3 is 0 Å². The molecule has 0 aromatic heterocycles. The lowest BCUT2D eigenvalue weighted by Crippen LogP contribution is -2.29. The van der Waals surface area contributed by atoms with E-state index in [1.807, 2.05) is 0 Å². The molecule has 0 aliphatic carbocycles. The molecule has 0 spiro atoms. The molecular formula is C14H31NSi. The number of rotatable bonds is 7. The van der Waals surface area contributed by atoms with Crippen molar-refractivity contribution in [3.8, 4) is 0 Å². The van der Waals surface area contributed by atoms with Crippen LogP contribution in [0.4, 0.5) is 0 Å². The van der Waals surface area contributed by atoms with Crippen LogP contribution in [-0.4, -0.2) is 28.2 Å².